The number of phosphoric ester groups is 1. The van der Waals surface area contributed by atoms with Crippen LogP contribution in [0.5, 0.6) is 0 Å². The van der Waals surface area contributed by atoms with Crippen molar-refractivity contribution < 1.29 is 42.6 Å². The first-order chi connectivity index (χ1) is 20.6. The second-order valence-electron chi connectivity index (χ2n) is 10.5. The summed E-state index contributed by atoms with van der Waals surface area (Å²) in [4.78, 5) is 45.3. The number of imidazole rings is 2. The van der Waals surface area contributed by atoms with Gasteiger partial charge in [-0.2, -0.15) is 4.98 Å². The summed E-state index contributed by atoms with van der Waals surface area (Å²) in [6.07, 6.45) is -4.98. The average Bonchev–Trinajstić information content (AvgIpc) is 3.33. The highest BCUT2D eigenvalue weighted by Crippen LogP contribution is 2.56. The number of anilines is 2. The minimum absolute atomic E-state index is 0.0550. The molecule has 0 bridgehead atoms. The molecule has 0 spiro atoms. The van der Waals surface area contributed by atoms with Crippen molar-refractivity contribution in [1.82, 2.24) is 39.0 Å². The van der Waals surface area contributed by atoms with Gasteiger partial charge in [-0.1, -0.05) is 0 Å². The molecule has 1 saturated carbocycles. The minimum atomic E-state index is -4.95. The molecule has 0 aromatic carbocycles. The van der Waals surface area contributed by atoms with E-state index in [4.69, 9.17) is 30.0 Å². The van der Waals surface area contributed by atoms with Crippen LogP contribution in [0.15, 0.2) is 23.8 Å². The lowest BCUT2D eigenvalue weighted by Crippen LogP contribution is -2.38. The van der Waals surface area contributed by atoms with Crippen molar-refractivity contribution in [2.75, 3.05) is 24.7 Å². The summed E-state index contributed by atoms with van der Waals surface area (Å²) in [5, 5.41) is 20.5. The fraction of sp³-hybridized carbons (Fsp3) is 0.545. The highest BCUT2D eigenvalue weighted by atomic mass is 31.2. The molecule has 0 radical (unpaired) electrons. The largest absolute Gasteiger partial charge is 0.472 e. The number of alkyl halides is 1. The smallest absolute Gasteiger partial charge is 0.394 e. The summed E-state index contributed by atoms with van der Waals surface area (Å²) < 4.78 is 53.3. The van der Waals surface area contributed by atoms with E-state index in [1.165, 1.54) is 21.8 Å². The van der Waals surface area contributed by atoms with Crippen molar-refractivity contribution in [1.29, 1.82) is 0 Å². The van der Waals surface area contributed by atoms with E-state index < -0.39 is 69.6 Å². The number of aliphatic hydroxyl groups excluding tert-OH is 2. The Kier molecular flexibility index (Phi) is 6.71. The number of nitrogen functional groups attached to an aromatic ring is 2. The Morgan fingerprint density at radius 1 is 1.07 bits per heavy atom. The third-order valence-electron chi connectivity index (χ3n) is 7.90. The maximum Gasteiger partial charge on any atom is 0.472 e. The average molecular weight is 624 g/mol. The van der Waals surface area contributed by atoms with Gasteiger partial charge in [0, 0.05) is 5.92 Å². The van der Waals surface area contributed by atoms with Gasteiger partial charge in [-0.05, 0) is 12.3 Å². The molecule has 5 unspecified atom stereocenters. The molecule has 1 aliphatic carbocycles. The molecule has 230 valence electrons. The number of ether oxygens (including phenoxy) is 2. The lowest BCUT2D eigenvalue weighted by Gasteiger charge is -2.33. The summed E-state index contributed by atoms with van der Waals surface area (Å²) in [7, 11) is -4.95. The van der Waals surface area contributed by atoms with Crippen molar-refractivity contribution in [2.24, 2.45) is 11.8 Å². The number of H-pyrrole nitrogens is 1. The number of nitrogens with one attached hydrogen (secondary N) is 1. The molecule has 19 nitrogen and oxygen atoms in total. The first-order valence-corrected chi connectivity index (χ1v) is 14.6. The fourth-order valence-electron chi connectivity index (χ4n) is 5.72. The van der Waals surface area contributed by atoms with Crippen LogP contribution in [-0.2, 0) is 23.1 Å². The van der Waals surface area contributed by atoms with Crippen molar-refractivity contribution in [2.45, 2.75) is 49.5 Å². The number of aliphatic hydroxyl groups is 2. The number of hydrogen-bond acceptors (Lipinski definition) is 15. The first kappa shape index (κ1) is 28.2. The number of rotatable bonds is 8. The van der Waals surface area contributed by atoms with Gasteiger partial charge in [0.05, 0.1) is 32.0 Å². The fourth-order valence-corrected chi connectivity index (χ4v) is 6.65. The third kappa shape index (κ3) is 4.75. The van der Waals surface area contributed by atoms with Gasteiger partial charge in [0.1, 0.15) is 36.3 Å². The minimum Gasteiger partial charge on any atom is -0.394 e. The number of nitrogens with zero attached hydrogens (tertiary/aromatic N) is 7. The Morgan fingerprint density at radius 3 is 2.56 bits per heavy atom. The van der Waals surface area contributed by atoms with E-state index in [0.717, 1.165) is 6.33 Å². The predicted octanol–water partition coefficient (Wildman–Crippen LogP) is -1.25. The zero-order valence-electron chi connectivity index (χ0n) is 22.0. The quantitative estimate of drug-likeness (QED) is 0.125. The molecule has 3 aliphatic rings. The third-order valence-corrected chi connectivity index (χ3v) is 8.89. The molecule has 7 rings (SSSR count). The Hall–Kier alpha value is -3.62. The Bertz CT molecular complexity index is 1800. The van der Waals surface area contributed by atoms with Crippen molar-refractivity contribution in [3.63, 3.8) is 0 Å². The predicted molar refractivity (Wildman–Crippen MR) is 140 cm³/mol. The molecule has 8 N–H and O–H groups in total. The molecule has 43 heavy (non-hydrogen) atoms. The molecule has 3 fully saturated rings. The highest BCUT2D eigenvalue weighted by molar-refractivity contribution is 7.47. The summed E-state index contributed by atoms with van der Waals surface area (Å²) in [5.74, 6) is -0.781. The van der Waals surface area contributed by atoms with Gasteiger partial charge in [-0.25, -0.2) is 28.9 Å². The zero-order valence-corrected chi connectivity index (χ0v) is 22.8. The lowest BCUT2D eigenvalue weighted by atomic mass is 10.1. The van der Waals surface area contributed by atoms with Gasteiger partial charge in [-0.15, -0.1) is 0 Å². The normalized spacial score (nSPS) is 33.5. The monoisotopic (exact) mass is 624 g/mol. The number of aromatic amines is 1. The topological polar surface area (TPSA) is 274 Å². The summed E-state index contributed by atoms with van der Waals surface area (Å²) in [5.41, 5.74) is 11.2. The Morgan fingerprint density at radius 2 is 1.79 bits per heavy atom. The molecular weight excluding hydrogens is 598 g/mol. The standard InChI is InChI=1S/C22H26FN10O9P/c23-11-8-1-7(8)10(41-20(11)32-5-28-12-16(24)26-4-27-17(12)32)3-39-43(37,38)42-15-14(35)9(2-34)40-21(15)33-6-29-13-18(33)30-22(25)31-19(13)36/h4-11,14-15,20-21,34-35H,1-3H2,(H,37,38)(H2,24,26,27)(H3,25,30,31,36)/t7-,8?,9-,10-,11?,14?,15?,20-,21-/m1/s1. The lowest BCUT2D eigenvalue weighted by molar-refractivity contribution is -0.147. The van der Waals surface area contributed by atoms with E-state index in [-0.39, 0.29) is 45.9 Å². The second kappa shape index (κ2) is 10.2. The molecular formula is C22H26FN10O9P. The Labute approximate surface area is 239 Å². The van der Waals surface area contributed by atoms with Crippen LogP contribution in [0, 0.1) is 11.8 Å². The van der Waals surface area contributed by atoms with Crippen LogP contribution in [0.25, 0.3) is 22.3 Å². The molecule has 0 amide bonds. The van der Waals surface area contributed by atoms with E-state index in [1.54, 1.807) is 0 Å². The summed E-state index contributed by atoms with van der Waals surface area (Å²) >= 11 is 0. The van der Waals surface area contributed by atoms with Crippen LogP contribution in [-0.4, -0.2) is 97.9 Å². The SMILES string of the molecule is Nc1nc2c(ncn2[C@@H]2O[C@H](CO)C(O)C2OP(=O)(O)OC[C@H]2O[C@@H](n3cnc4c(N)ncnc43)C(F)C3C[C@H]32)c(=O)[nH]1. The maximum absolute atomic E-state index is 15.3. The molecule has 2 aliphatic heterocycles. The van der Waals surface area contributed by atoms with Crippen LogP contribution < -0.4 is 17.0 Å². The second-order valence-corrected chi connectivity index (χ2v) is 11.9. The molecule has 21 heteroatoms. The van der Waals surface area contributed by atoms with Crippen LogP contribution in [0.1, 0.15) is 18.9 Å². The van der Waals surface area contributed by atoms with Crippen molar-refractivity contribution in [3.05, 3.63) is 29.3 Å². The van der Waals surface area contributed by atoms with E-state index in [1.807, 2.05) is 0 Å². The number of fused-ring (bicyclic) bond motifs is 3. The molecule has 4 aromatic rings. The van der Waals surface area contributed by atoms with Gasteiger partial charge in [0.2, 0.25) is 5.95 Å². The molecule has 6 heterocycles. The van der Waals surface area contributed by atoms with E-state index in [0.29, 0.717) is 6.42 Å². The molecule has 10 atom stereocenters. The zero-order chi connectivity index (χ0) is 30.2. The Balaban J connectivity index is 1.09. The van der Waals surface area contributed by atoms with Crippen molar-refractivity contribution >= 4 is 41.9 Å². The van der Waals surface area contributed by atoms with Crippen LogP contribution in [0.4, 0.5) is 16.2 Å². The maximum atomic E-state index is 15.3. The van der Waals surface area contributed by atoms with E-state index in [9.17, 15) is 24.5 Å². The number of aromatic nitrogens is 8. The number of hydrogen-bond donors (Lipinski definition) is 6. The molecule has 2 saturated heterocycles. The first-order valence-electron chi connectivity index (χ1n) is 13.1. The number of phosphoric acid groups is 1. The van der Waals surface area contributed by atoms with E-state index >= 15 is 4.39 Å². The van der Waals surface area contributed by atoms with E-state index in [2.05, 4.69) is 29.9 Å². The van der Waals surface area contributed by atoms with Gasteiger partial charge < -0.3 is 36.0 Å². The van der Waals surface area contributed by atoms with Crippen molar-refractivity contribution in [3.8, 4) is 0 Å². The van der Waals surface area contributed by atoms with Crippen LogP contribution in [0.3, 0.4) is 0 Å². The van der Waals surface area contributed by atoms with Crippen LogP contribution in [0.2, 0.25) is 0 Å². The highest BCUT2D eigenvalue weighted by Gasteiger charge is 2.57. The molecule has 4 aromatic heterocycles. The van der Waals surface area contributed by atoms with Crippen LogP contribution >= 0.6 is 7.82 Å². The number of nitrogens with two attached hydrogens (primary N) is 2. The van der Waals surface area contributed by atoms with Gasteiger partial charge in [0.15, 0.2) is 35.1 Å². The summed E-state index contributed by atoms with van der Waals surface area (Å²) in [6, 6.07) is 0. The van der Waals surface area contributed by atoms with Gasteiger partial charge >= 0.3 is 7.82 Å². The van der Waals surface area contributed by atoms with Gasteiger partial charge in [-0.3, -0.25) is 28.0 Å². The number of halogens is 1. The van der Waals surface area contributed by atoms with Gasteiger partial charge in [0.25, 0.3) is 5.56 Å². The summed E-state index contributed by atoms with van der Waals surface area (Å²) in [6.45, 7) is -1.12.